The molecule has 0 aromatic heterocycles. The highest BCUT2D eigenvalue weighted by Gasteiger charge is 2.12. The van der Waals surface area contributed by atoms with Crippen LogP contribution in [0.2, 0.25) is 19.6 Å². The third-order valence-electron chi connectivity index (χ3n) is 4.17. The minimum absolute atomic E-state index is 0.551. The zero-order chi connectivity index (χ0) is 24.3. The first-order valence-electron chi connectivity index (χ1n) is 12.3. The van der Waals surface area contributed by atoms with Crippen molar-refractivity contribution < 1.29 is 37.6 Å². The Morgan fingerprint density at radius 2 is 0.697 bits per heavy atom. The number of ether oxygens (including phenoxy) is 7. The number of halogens is 1. The Balaban J connectivity index is 3.03. The molecule has 0 N–H and O–H groups in total. The molecule has 0 spiro atoms. The zero-order valence-corrected chi connectivity index (χ0v) is 24.4. The maximum absolute atomic E-state index is 5.71. The van der Waals surface area contributed by atoms with Crippen LogP contribution in [0.25, 0.3) is 0 Å². The molecule has 0 aliphatic heterocycles. The van der Waals surface area contributed by atoms with Crippen LogP contribution < -0.4 is 0 Å². The monoisotopic (exact) mass is 608 g/mol. The average molecular weight is 609 g/mol. The molecular formula is C23H49IO8Si. The molecule has 0 amide bonds. The van der Waals surface area contributed by atoms with Crippen LogP contribution in [0.3, 0.4) is 0 Å². The summed E-state index contributed by atoms with van der Waals surface area (Å²) in [5, 5.41) is 0. The molecule has 0 heterocycles. The highest BCUT2D eigenvalue weighted by molar-refractivity contribution is 14.1. The second kappa shape index (κ2) is 27.2. The Morgan fingerprint density at radius 1 is 0.394 bits per heavy atom. The van der Waals surface area contributed by atoms with Gasteiger partial charge in [-0.05, 0) is 36.9 Å². The van der Waals surface area contributed by atoms with E-state index >= 15 is 0 Å². The third-order valence-corrected chi connectivity index (χ3v) is 6.00. The minimum atomic E-state index is -1.43. The second-order valence-corrected chi connectivity index (χ2v) is 13.9. The SMILES string of the molecule is C[Si](C)(C)OCCOCCOCCOCCOCCOCCOCCOCCCCCCI. The van der Waals surface area contributed by atoms with Gasteiger partial charge in [0, 0.05) is 6.61 Å². The first-order chi connectivity index (χ1) is 16.1. The summed E-state index contributed by atoms with van der Waals surface area (Å²) in [5.41, 5.74) is 0. The van der Waals surface area contributed by atoms with Crippen molar-refractivity contribution in [1.29, 1.82) is 0 Å². The molecule has 0 unspecified atom stereocenters. The van der Waals surface area contributed by atoms with Crippen molar-refractivity contribution in [3.8, 4) is 0 Å². The van der Waals surface area contributed by atoms with E-state index in [2.05, 4.69) is 42.2 Å². The van der Waals surface area contributed by atoms with Crippen molar-refractivity contribution in [2.75, 3.05) is 104 Å². The predicted molar refractivity (Wildman–Crippen MR) is 142 cm³/mol. The summed E-state index contributed by atoms with van der Waals surface area (Å²) in [6.45, 7) is 15.5. The molecule has 33 heavy (non-hydrogen) atoms. The van der Waals surface area contributed by atoms with Crippen molar-refractivity contribution in [3.05, 3.63) is 0 Å². The van der Waals surface area contributed by atoms with Crippen LogP contribution in [-0.2, 0) is 37.6 Å². The maximum atomic E-state index is 5.71. The molecule has 0 rings (SSSR count). The van der Waals surface area contributed by atoms with Crippen LogP contribution in [0.15, 0.2) is 0 Å². The smallest absolute Gasteiger partial charge is 0.183 e. The largest absolute Gasteiger partial charge is 0.415 e. The van der Waals surface area contributed by atoms with Gasteiger partial charge in [-0.2, -0.15) is 0 Å². The number of hydrogen-bond acceptors (Lipinski definition) is 8. The third kappa shape index (κ3) is 32.6. The number of hydrogen-bond donors (Lipinski definition) is 0. The van der Waals surface area contributed by atoms with Gasteiger partial charge in [-0.1, -0.05) is 35.4 Å². The van der Waals surface area contributed by atoms with Gasteiger partial charge in [0.15, 0.2) is 8.32 Å². The fourth-order valence-electron chi connectivity index (χ4n) is 2.48. The van der Waals surface area contributed by atoms with Gasteiger partial charge in [-0.3, -0.25) is 0 Å². The van der Waals surface area contributed by atoms with E-state index in [1.807, 2.05) is 0 Å². The first-order valence-corrected chi connectivity index (χ1v) is 17.2. The molecule has 0 fully saturated rings. The van der Waals surface area contributed by atoms with E-state index in [0.717, 1.165) is 13.0 Å². The lowest BCUT2D eigenvalue weighted by molar-refractivity contribution is -0.0213. The molecular weight excluding hydrogens is 559 g/mol. The lowest BCUT2D eigenvalue weighted by atomic mass is 10.2. The van der Waals surface area contributed by atoms with E-state index < -0.39 is 8.32 Å². The van der Waals surface area contributed by atoms with E-state index in [4.69, 9.17) is 37.6 Å². The van der Waals surface area contributed by atoms with E-state index in [-0.39, 0.29) is 0 Å². The van der Waals surface area contributed by atoms with Crippen LogP contribution in [0, 0.1) is 0 Å². The standard InChI is InChI=1S/C23H49IO8Si/c1-33(2,3)32-23-22-31-21-20-30-19-18-29-17-16-28-15-14-27-13-12-26-11-10-25-9-7-5-4-6-8-24/h4-23H2,1-3H3. The molecule has 0 saturated carbocycles. The molecule has 0 aromatic carbocycles. The summed E-state index contributed by atoms with van der Waals surface area (Å²) < 4.78 is 45.3. The fourth-order valence-corrected chi connectivity index (χ4v) is 3.72. The van der Waals surface area contributed by atoms with Gasteiger partial charge >= 0.3 is 0 Å². The van der Waals surface area contributed by atoms with Crippen LogP contribution in [0.5, 0.6) is 0 Å². The molecule has 10 heteroatoms. The van der Waals surface area contributed by atoms with Crippen molar-refractivity contribution >= 4 is 30.9 Å². The minimum Gasteiger partial charge on any atom is -0.415 e. The number of rotatable bonds is 28. The summed E-state index contributed by atoms with van der Waals surface area (Å²) in [6, 6.07) is 0. The molecule has 0 aromatic rings. The van der Waals surface area contributed by atoms with Gasteiger partial charge in [0.2, 0.25) is 0 Å². The van der Waals surface area contributed by atoms with E-state index in [0.29, 0.717) is 92.5 Å². The summed E-state index contributed by atoms with van der Waals surface area (Å²) in [5.74, 6) is 0. The Labute approximate surface area is 216 Å². The van der Waals surface area contributed by atoms with Crippen LogP contribution >= 0.6 is 22.6 Å². The maximum Gasteiger partial charge on any atom is 0.183 e. The van der Waals surface area contributed by atoms with Crippen molar-refractivity contribution in [3.63, 3.8) is 0 Å². The molecule has 0 aliphatic carbocycles. The molecule has 8 nitrogen and oxygen atoms in total. The van der Waals surface area contributed by atoms with Crippen molar-refractivity contribution in [2.24, 2.45) is 0 Å². The van der Waals surface area contributed by atoms with E-state index in [1.54, 1.807) is 0 Å². The first kappa shape index (κ1) is 33.6. The molecule has 200 valence electrons. The van der Waals surface area contributed by atoms with Crippen LogP contribution in [0.1, 0.15) is 25.7 Å². The highest BCUT2D eigenvalue weighted by atomic mass is 127. The van der Waals surface area contributed by atoms with E-state index in [9.17, 15) is 0 Å². The topological polar surface area (TPSA) is 73.8 Å². The number of unbranched alkanes of at least 4 members (excludes halogenated alkanes) is 3. The molecule has 0 saturated heterocycles. The Bertz CT molecular complexity index is 375. The normalized spacial score (nSPS) is 12.0. The average Bonchev–Trinajstić information content (AvgIpc) is 2.78. The van der Waals surface area contributed by atoms with Gasteiger partial charge in [0.1, 0.15) is 0 Å². The van der Waals surface area contributed by atoms with Crippen molar-refractivity contribution in [2.45, 2.75) is 45.3 Å². The lowest BCUT2D eigenvalue weighted by Crippen LogP contribution is -2.27. The number of alkyl halides is 1. The van der Waals surface area contributed by atoms with Crippen molar-refractivity contribution in [1.82, 2.24) is 0 Å². The van der Waals surface area contributed by atoms with Crippen LogP contribution in [0.4, 0.5) is 0 Å². The molecule has 0 atom stereocenters. The second-order valence-electron chi connectivity index (χ2n) is 8.35. The summed E-state index contributed by atoms with van der Waals surface area (Å²) in [7, 11) is -1.43. The summed E-state index contributed by atoms with van der Waals surface area (Å²) in [4.78, 5) is 0. The quantitative estimate of drug-likeness (QED) is 0.0573. The van der Waals surface area contributed by atoms with Gasteiger partial charge < -0.3 is 37.6 Å². The molecule has 0 radical (unpaired) electrons. The fraction of sp³-hybridized carbons (Fsp3) is 1.00. The Morgan fingerprint density at radius 3 is 1.03 bits per heavy atom. The van der Waals surface area contributed by atoms with E-state index in [1.165, 1.54) is 23.7 Å². The van der Waals surface area contributed by atoms with Gasteiger partial charge in [0.25, 0.3) is 0 Å². The summed E-state index contributed by atoms with van der Waals surface area (Å²) in [6.07, 6.45) is 5.01. The van der Waals surface area contributed by atoms with Crippen LogP contribution in [-0.4, -0.2) is 112 Å². The van der Waals surface area contributed by atoms with Gasteiger partial charge in [0.05, 0.1) is 92.5 Å². The highest BCUT2D eigenvalue weighted by Crippen LogP contribution is 2.02. The lowest BCUT2D eigenvalue weighted by Gasteiger charge is -2.16. The predicted octanol–water partition coefficient (Wildman–Crippen LogP) is 3.95. The summed E-state index contributed by atoms with van der Waals surface area (Å²) >= 11 is 2.42. The zero-order valence-electron chi connectivity index (χ0n) is 21.3. The van der Waals surface area contributed by atoms with Gasteiger partial charge in [-0.25, -0.2) is 0 Å². The Kier molecular flexibility index (Phi) is 27.7. The Hall–Kier alpha value is 0.627. The molecule has 0 bridgehead atoms. The van der Waals surface area contributed by atoms with Gasteiger partial charge in [-0.15, -0.1) is 0 Å². The molecule has 0 aliphatic rings.